The summed E-state index contributed by atoms with van der Waals surface area (Å²) in [6.45, 7) is 13.6. The minimum absolute atomic E-state index is 0.0703. The van der Waals surface area contributed by atoms with Gasteiger partial charge in [-0.05, 0) is 114 Å². The van der Waals surface area contributed by atoms with E-state index in [2.05, 4.69) is 94.8 Å². The molecule has 14 heteroatoms. The molecule has 4 saturated carbocycles. The Morgan fingerprint density at radius 2 is 1.04 bits per heavy atom. The monoisotopic (exact) mass is 852 g/mol. The standard InChI is InChI=1S/C20H26I.C16H20F8O4S/c1-19(2,3)15-7-11-17(12-8-15)21-18-13-9-16(10-14-18)20(4,5)6;17-13(18,14(19,20)28-15(21,22)16(23,24)29(25,26)27)2-1-12-6-9-3-10(7-12)5-11(4-9)8-12/h7-14H,1-6H3;9-11H,1-8H2,(H,25,26,27)/q+1;/p-1. The predicted octanol–water partition coefficient (Wildman–Crippen LogP) is 7.37. The van der Waals surface area contributed by atoms with Crippen molar-refractivity contribution in [2.45, 2.75) is 127 Å². The van der Waals surface area contributed by atoms with Crippen molar-refractivity contribution in [3.63, 3.8) is 0 Å². The summed E-state index contributed by atoms with van der Waals surface area (Å²) in [6.07, 6.45) is -10.3. The SMILES string of the molecule is CC(C)(C)c1ccc([I+]c2ccc(C(C)(C)C)cc2)cc1.O=S(=O)([O-])C(F)(F)C(F)(F)OC(F)(F)C(F)(F)CCC12CC3CC(CC(C3)C1)C2. The molecule has 6 rings (SSSR count). The molecule has 4 bridgehead atoms. The van der Waals surface area contributed by atoms with Crippen LogP contribution >= 0.6 is 0 Å². The third-order valence-corrected chi connectivity index (χ3v) is 13.7. The fourth-order valence-corrected chi connectivity index (χ4v) is 10.2. The van der Waals surface area contributed by atoms with E-state index in [-0.39, 0.29) is 32.0 Å². The average molecular weight is 853 g/mol. The predicted molar refractivity (Wildman–Crippen MR) is 168 cm³/mol. The molecule has 0 atom stereocenters. The molecular formula is C36H45F8IO4S. The normalized spacial score (nSPS) is 24.6. The van der Waals surface area contributed by atoms with Gasteiger partial charge < -0.3 is 4.55 Å². The van der Waals surface area contributed by atoms with Crippen LogP contribution in [0.3, 0.4) is 0 Å². The summed E-state index contributed by atoms with van der Waals surface area (Å²) >= 11 is -0.0703. The first-order valence-corrected chi connectivity index (χ1v) is 20.2. The molecular weight excluding hydrogens is 807 g/mol. The lowest BCUT2D eigenvalue weighted by molar-refractivity contribution is -0.597. The van der Waals surface area contributed by atoms with Gasteiger partial charge in [-0.15, -0.1) is 0 Å². The van der Waals surface area contributed by atoms with E-state index in [1.165, 1.54) is 18.3 Å². The van der Waals surface area contributed by atoms with Gasteiger partial charge in [-0.3, -0.25) is 0 Å². The number of rotatable bonds is 10. The van der Waals surface area contributed by atoms with Crippen molar-refractivity contribution in [1.29, 1.82) is 0 Å². The van der Waals surface area contributed by atoms with Crippen LogP contribution in [-0.4, -0.2) is 36.4 Å². The van der Waals surface area contributed by atoms with E-state index in [4.69, 9.17) is 0 Å². The highest BCUT2D eigenvalue weighted by atomic mass is 127. The van der Waals surface area contributed by atoms with Crippen LogP contribution in [-0.2, 0) is 25.7 Å². The zero-order valence-corrected chi connectivity index (χ0v) is 31.9. The summed E-state index contributed by atoms with van der Waals surface area (Å²) in [5, 5.41) is -6.65. The van der Waals surface area contributed by atoms with E-state index < -0.39 is 51.8 Å². The highest BCUT2D eigenvalue weighted by molar-refractivity contribution is 7.86. The second-order valence-electron chi connectivity index (χ2n) is 16.3. The highest BCUT2D eigenvalue weighted by Gasteiger charge is 2.71. The molecule has 0 aliphatic heterocycles. The van der Waals surface area contributed by atoms with E-state index in [1.54, 1.807) is 0 Å². The second-order valence-corrected chi connectivity index (χ2v) is 20.8. The Labute approximate surface area is 300 Å². The average Bonchev–Trinajstić information content (AvgIpc) is 2.94. The Morgan fingerprint density at radius 1 is 0.680 bits per heavy atom. The van der Waals surface area contributed by atoms with Gasteiger partial charge in [0.2, 0.25) is 0 Å². The van der Waals surface area contributed by atoms with Crippen molar-refractivity contribution < 1.29 is 74.0 Å². The Bertz CT molecular complexity index is 1490. The van der Waals surface area contributed by atoms with Gasteiger partial charge in [0.15, 0.2) is 17.3 Å². The van der Waals surface area contributed by atoms with Crippen LogP contribution < -0.4 is 21.2 Å². The van der Waals surface area contributed by atoms with Crippen LogP contribution in [0.4, 0.5) is 35.1 Å². The summed E-state index contributed by atoms with van der Waals surface area (Å²) in [7, 11) is -7.16. The Balaban J connectivity index is 0.000000237. The topological polar surface area (TPSA) is 66.4 Å². The van der Waals surface area contributed by atoms with Gasteiger partial charge in [0.05, 0.1) is 0 Å². The molecule has 0 heterocycles. The van der Waals surface area contributed by atoms with E-state index in [9.17, 15) is 48.1 Å². The third-order valence-electron chi connectivity index (χ3n) is 10.1. The smallest absolute Gasteiger partial charge is 0.438 e. The van der Waals surface area contributed by atoms with Crippen molar-refractivity contribution in [3.05, 3.63) is 66.8 Å². The maximum absolute atomic E-state index is 14.0. The third kappa shape index (κ3) is 9.34. The van der Waals surface area contributed by atoms with Crippen LogP contribution in [0, 0.1) is 30.3 Å². The zero-order valence-electron chi connectivity index (χ0n) is 29.0. The van der Waals surface area contributed by atoms with E-state index in [1.807, 2.05) is 0 Å². The van der Waals surface area contributed by atoms with E-state index >= 15 is 0 Å². The summed E-state index contributed by atoms with van der Waals surface area (Å²) in [5.74, 6) is -4.37. The molecule has 0 radical (unpaired) electrons. The summed E-state index contributed by atoms with van der Waals surface area (Å²) in [4.78, 5) is 0. The number of benzene rings is 2. The van der Waals surface area contributed by atoms with Gasteiger partial charge in [-0.25, -0.2) is 13.2 Å². The quantitative estimate of drug-likeness (QED) is 0.142. The molecule has 282 valence electrons. The number of halogens is 9. The zero-order chi connectivity index (χ0) is 37.8. The number of alkyl halides is 8. The minimum atomic E-state index is -7.16. The molecule has 0 amide bonds. The number of hydrogen-bond acceptors (Lipinski definition) is 4. The lowest BCUT2D eigenvalue weighted by Crippen LogP contribution is -3.61. The fraction of sp³-hybridized carbons (Fsp3) is 0.667. The molecule has 4 fully saturated rings. The van der Waals surface area contributed by atoms with Gasteiger partial charge >= 0.3 is 44.6 Å². The minimum Gasteiger partial charge on any atom is -0.743 e. The number of ether oxygens (including phenoxy) is 1. The second kappa shape index (κ2) is 14.0. The lowest BCUT2D eigenvalue weighted by Gasteiger charge is -2.57. The van der Waals surface area contributed by atoms with Crippen LogP contribution in [0.2, 0.25) is 0 Å². The maximum atomic E-state index is 14.0. The van der Waals surface area contributed by atoms with Gasteiger partial charge in [0.1, 0.15) is 0 Å². The summed E-state index contributed by atoms with van der Waals surface area (Å²) in [6, 6.07) is 18.4. The molecule has 2 aromatic carbocycles. The molecule has 0 aromatic heterocycles. The largest absolute Gasteiger partial charge is 0.743 e. The molecule has 0 saturated heterocycles. The summed E-state index contributed by atoms with van der Waals surface area (Å²) < 4.78 is 144. The first-order valence-electron chi connectivity index (χ1n) is 16.6. The van der Waals surface area contributed by atoms with Gasteiger partial charge in [-0.2, -0.15) is 35.1 Å². The van der Waals surface area contributed by atoms with Crippen molar-refractivity contribution in [1.82, 2.24) is 0 Å². The Kier molecular flexibility index (Phi) is 11.6. The molecule has 0 N–H and O–H groups in total. The van der Waals surface area contributed by atoms with Gasteiger partial charge in [0.25, 0.3) is 0 Å². The van der Waals surface area contributed by atoms with Crippen molar-refractivity contribution >= 4 is 10.1 Å². The lowest BCUT2D eigenvalue weighted by atomic mass is 9.48. The molecule has 4 nitrogen and oxygen atoms in total. The highest BCUT2D eigenvalue weighted by Crippen LogP contribution is 2.62. The van der Waals surface area contributed by atoms with Crippen LogP contribution in [0.25, 0.3) is 0 Å². The van der Waals surface area contributed by atoms with Crippen molar-refractivity contribution in [2.75, 3.05) is 0 Å². The molecule has 4 aliphatic carbocycles. The first kappa shape index (κ1) is 41.2. The van der Waals surface area contributed by atoms with E-state index in [0.717, 1.165) is 19.3 Å². The molecule has 50 heavy (non-hydrogen) atoms. The van der Waals surface area contributed by atoms with Crippen LogP contribution in [0.15, 0.2) is 48.5 Å². The van der Waals surface area contributed by atoms with Crippen LogP contribution in [0.1, 0.15) is 104 Å². The van der Waals surface area contributed by atoms with E-state index in [0.29, 0.717) is 37.0 Å². The molecule has 0 spiro atoms. The maximum Gasteiger partial charge on any atom is 0.438 e. The molecule has 4 aliphatic rings. The Morgan fingerprint density at radius 3 is 1.36 bits per heavy atom. The van der Waals surface area contributed by atoms with Crippen molar-refractivity contribution in [3.8, 4) is 0 Å². The molecule has 0 unspecified atom stereocenters. The van der Waals surface area contributed by atoms with Gasteiger partial charge in [-0.1, -0.05) is 65.8 Å². The van der Waals surface area contributed by atoms with Gasteiger partial charge in [0, 0.05) is 6.42 Å². The molecule has 2 aromatic rings. The fourth-order valence-electron chi connectivity index (χ4n) is 7.76. The summed E-state index contributed by atoms with van der Waals surface area (Å²) in [5.41, 5.74) is 2.69. The van der Waals surface area contributed by atoms with Crippen molar-refractivity contribution in [2.24, 2.45) is 23.2 Å². The number of hydrogen-bond donors (Lipinski definition) is 0. The first-order chi connectivity index (χ1) is 22.6. The van der Waals surface area contributed by atoms with Crippen LogP contribution in [0.5, 0.6) is 0 Å². The Hall–Kier alpha value is -1.52.